The molecular formula is C18H22O4. The lowest BCUT2D eigenvalue weighted by molar-refractivity contribution is 0.0380. The molecule has 0 saturated heterocycles. The predicted molar refractivity (Wildman–Crippen MR) is 81.7 cm³/mol. The van der Waals surface area contributed by atoms with Gasteiger partial charge in [0, 0.05) is 0 Å². The van der Waals surface area contributed by atoms with Gasteiger partial charge in [0.1, 0.15) is 0 Å². The lowest BCUT2D eigenvalue weighted by Gasteiger charge is -2.28. The van der Waals surface area contributed by atoms with Crippen molar-refractivity contribution in [1.29, 1.82) is 0 Å². The van der Waals surface area contributed by atoms with Gasteiger partial charge in [-0.2, -0.15) is 0 Å². The van der Waals surface area contributed by atoms with Crippen molar-refractivity contribution in [2.75, 3.05) is 13.2 Å². The maximum absolute atomic E-state index is 12.0. The molecule has 4 bridgehead atoms. The molecule has 118 valence electrons. The molecule has 4 aliphatic heterocycles. The van der Waals surface area contributed by atoms with Gasteiger partial charge in [0.25, 0.3) is 0 Å². The van der Waals surface area contributed by atoms with E-state index in [1.54, 1.807) is 24.3 Å². The second kappa shape index (κ2) is 6.95. The van der Waals surface area contributed by atoms with Crippen LogP contribution in [0.1, 0.15) is 59.2 Å². The Morgan fingerprint density at radius 2 is 1.27 bits per heavy atom. The normalized spacial score (nSPS) is 26.5. The standard InChI is InChI=1S/C18H22O4/c19-17-15-7-9-16(10-8-15)18(20)22-12-14-5-3-13(4-6-14)2-1-11-21-17/h7-10,13-14H,1-6,11-12H2. The minimum absolute atomic E-state index is 0.311. The van der Waals surface area contributed by atoms with Gasteiger partial charge in [0.2, 0.25) is 0 Å². The van der Waals surface area contributed by atoms with Crippen molar-refractivity contribution in [2.24, 2.45) is 11.8 Å². The molecule has 0 amide bonds. The van der Waals surface area contributed by atoms with E-state index in [4.69, 9.17) is 9.47 Å². The van der Waals surface area contributed by atoms with E-state index in [0.29, 0.717) is 30.3 Å². The van der Waals surface area contributed by atoms with Crippen molar-refractivity contribution < 1.29 is 19.1 Å². The molecule has 0 spiro atoms. The number of benzene rings is 1. The second-order valence-corrected chi connectivity index (χ2v) is 6.34. The average molecular weight is 302 g/mol. The number of esters is 2. The van der Waals surface area contributed by atoms with E-state index in [2.05, 4.69) is 0 Å². The lowest BCUT2D eigenvalue weighted by Crippen LogP contribution is -2.21. The first-order valence-corrected chi connectivity index (χ1v) is 8.16. The molecule has 4 nitrogen and oxygen atoms in total. The highest BCUT2D eigenvalue weighted by atomic mass is 16.5. The highest BCUT2D eigenvalue weighted by Gasteiger charge is 2.23. The molecule has 1 saturated carbocycles. The Kier molecular flexibility index (Phi) is 4.76. The van der Waals surface area contributed by atoms with Crippen LogP contribution in [-0.4, -0.2) is 25.2 Å². The van der Waals surface area contributed by atoms with Crippen molar-refractivity contribution in [3.63, 3.8) is 0 Å². The molecule has 4 heterocycles. The van der Waals surface area contributed by atoms with Crippen LogP contribution in [-0.2, 0) is 9.47 Å². The van der Waals surface area contributed by atoms with Crippen molar-refractivity contribution in [3.8, 4) is 0 Å². The molecular weight excluding hydrogens is 280 g/mol. The van der Waals surface area contributed by atoms with Crippen molar-refractivity contribution in [3.05, 3.63) is 35.4 Å². The van der Waals surface area contributed by atoms with Gasteiger partial charge in [-0.05, 0) is 61.8 Å². The van der Waals surface area contributed by atoms with Crippen LogP contribution in [0.2, 0.25) is 0 Å². The Balaban J connectivity index is 1.73. The summed E-state index contributed by atoms with van der Waals surface area (Å²) in [6.07, 6.45) is 6.65. The Morgan fingerprint density at radius 1 is 0.727 bits per heavy atom. The average Bonchev–Trinajstić information content (AvgIpc) is 2.56. The molecule has 0 atom stereocenters. The number of hydrogen-bond acceptors (Lipinski definition) is 4. The quantitative estimate of drug-likeness (QED) is 0.687. The third kappa shape index (κ3) is 3.67. The Morgan fingerprint density at radius 3 is 1.91 bits per heavy atom. The Hall–Kier alpha value is -1.84. The number of carbonyl (C=O) groups is 2. The fourth-order valence-electron chi connectivity index (χ4n) is 3.33. The van der Waals surface area contributed by atoms with Gasteiger partial charge in [-0.3, -0.25) is 0 Å². The van der Waals surface area contributed by atoms with E-state index < -0.39 is 0 Å². The molecule has 1 fully saturated rings. The van der Waals surface area contributed by atoms with Crippen molar-refractivity contribution in [2.45, 2.75) is 38.5 Å². The van der Waals surface area contributed by atoms with Gasteiger partial charge in [0.05, 0.1) is 24.3 Å². The lowest BCUT2D eigenvalue weighted by atomic mass is 9.80. The van der Waals surface area contributed by atoms with Gasteiger partial charge in [0.15, 0.2) is 0 Å². The van der Waals surface area contributed by atoms with E-state index in [1.807, 2.05) is 0 Å². The molecule has 1 aromatic rings. The summed E-state index contributed by atoms with van der Waals surface area (Å²) in [5, 5.41) is 0. The molecule has 5 aliphatic rings. The van der Waals surface area contributed by atoms with Crippen molar-refractivity contribution >= 4 is 11.9 Å². The van der Waals surface area contributed by atoms with Crippen molar-refractivity contribution in [1.82, 2.24) is 0 Å². The SMILES string of the molecule is O=C1OCCCC2CCC(CC2)COC(=O)c2ccc1cc2. The van der Waals surface area contributed by atoms with Crippen LogP contribution in [0.25, 0.3) is 0 Å². The minimum atomic E-state index is -0.323. The third-order valence-electron chi connectivity index (χ3n) is 4.76. The van der Waals surface area contributed by atoms with Crippen LogP contribution in [0, 0.1) is 11.8 Å². The summed E-state index contributed by atoms with van der Waals surface area (Å²) in [6.45, 7) is 0.984. The van der Waals surface area contributed by atoms with E-state index in [0.717, 1.165) is 31.6 Å². The summed E-state index contributed by atoms with van der Waals surface area (Å²) in [6, 6.07) is 6.50. The maximum Gasteiger partial charge on any atom is 0.338 e. The number of carbonyl (C=O) groups excluding carboxylic acids is 2. The highest BCUT2D eigenvalue weighted by Crippen LogP contribution is 2.32. The zero-order valence-corrected chi connectivity index (χ0v) is 12.8. The van der Waals surface area contributed by atoms with Crippen LogP contribution < -0.4 is 0 Å². The summed E-state index contributed by atoms with van der Waals surface area (Å²) < 4.78 is 10.7. The smallest absolute Gasteiger partial charge is 0.338 e. The van der Waals surface area contributed by atoms with Gasteiger partial charge >= 0.3 is 11.9 Å². The molecule has 22 heavy (non-hydrogen) atoms. The van der Waals surface area contributed by atoms with Crippen LogP contribution in [0.3, 0.4) is 0 Å². The van der Waals surface area contributed by atoms with E-state index in [-0.39, 0.29) is 11.9 Å². The summed E-state index contributed by atoms with van der Waals surface area (Å²) in [5.41, 5.74) is 0.961. The zero-order chi connectivity index (χ0) is 15.4. The molecule has 1 aliphatic carbocycles. The van der Waals surface area contributed by atoms with Gasteiger partial charge in [-0.25, -0.2) is 9.59 Å². The number of ether oxygens (including phenoxy) is 2. The molecule has 0 aromatic heterocycles. The first-order valence-electron chi connectivity index (χ1n) is 8.16. The molecule has 0 radical (unpaired) electrons. The van der Waals surface area contributed by atoms with Crippen LogP contribution in [0.15, 0.2) is 24.3 Å². The largest absolute Gasteiger partial charge is 0.462 e. The van der Waals surface area contributed by atoms with Gasteiger partial charge in [-0.15, -0.1) is 0 Å². The maximum atomic E-state index is 12.0. The highest BCUT2D eigenvalue weighted by molar-refractivity contribution is 5.93. The topological polar surface area (TPSA) is 52.6 Å². The molecule has 0 N–H and O–H groups in total. The molecule has 0 unspecified atom stereocenters. The van der Waals surface area contributed by atoms with E-state index >= 15 is 0 Å². The molecule has 6 rings (SSSR count). The van der Waals surface area contributed by atoms with Crippen LogP contribution in [0.4, 0.5) is 0 Å². The first-order chi connectivity index (χ1) is 10.7. The predicted octanol–water partition coefficient (Wildman–Crippen LogP) is 3.60. The second-order valence-electron chi connectivity index (χ2n) is 6.34. The summed E-state index contributed by atoms with van der Waals surface area (Å²) >= 11 is 0. The fraction of sp³-hybridized carbons (Fsp3) is 0.556. The summed E-state index contributed by atoms with van der Waals surface area (Å²) in [7, 11) is 0. The van der Waals surface area contributed by atoms with E-state index in [9.17, 15) is 9.59 Å². The summed E-state index contributed by atoms with van der Waals surface area (Å²) in [4.78, 5) is 23.9. The zero-order valence-electron chi connectivity index (χ0n) is 12.8. The van der Waals surface area contributed by atoms with Crippen LogP contribution >= 0.6 is 0 Å². The van der Waals surface area contributed by atoms with Gasteiger partial charge < -0.3 is 9.47 Å². The summed E-state index contributed by atoms with van der Waals surface area (Å²) in [5.74, 6) is 0.576. The minimum Gasteiger partial charge on any atom is -0.462 e. The monoisotopic (exact) mass is 302 g/mol. The van der Waals surface area contributed by atoms with E-state index in [1.165, 1.54) is 12.8 Å². The molecule has 4 heteroatoms. The Bertz CT molecular complexity index is 527. The molecule has 1 aromatic carbocycles. The van der Waals surface area contributed by atoms with Crippen LogP contribution in [0.5, 0.6) is 0 Å². The van der Waals surface area contributed by atoms with Gasteiger partial charge in [-0.1, -0.05) is 12.8 Å². The first kappa shape index (κ1) is 15.1. The fourth-order valence-corrected chi connectivity index (χ4v) is 3.33. The number of rotatable bonds is 0. The third-order valence-corrected chi connectivity index (χ3v) is 4.76. The Labute approximate surface area is 130 Å². The number of hydrogen-bond donors (Lipinski definition) is 0.